The maximum absolute atomic E-state index is 4.58. The van der Waals surface area contributed by atoms with Crippen LogP contribution in [0.4, 0.5) is 0 Å². The second kappa shape index (κ2) is 8.85. The Morgan fingerprint density at radius 2 is 1.90 bits per heavy atom. The second-order valence-corrected chi connectivity index (χ2v) is 6.50. The third-order valence-corrected chi connectivity index (χ3v) is 4.11. The van der Waals surface area contributed by atoms with Crippen LogP contribution >= 0.6 is 0 Å². The molecule has 4 nitrogen and oxygen atoms in total. The summed E-state index contributed by atoms with van der Waals surface area (Å²) in [4.78, 5) is 0. The normalized spacial score (nSPS) is 14.4. The van der Waals surface area contributed by atoms with Gasteiger partial charge in [0.15, 0.2) is 0 Å². The molecule has 4 heteroatoms. The average molecular weight is 291 g/mol. The van der Waals surface area contributed by atoms with Crippen LogP contribution in [0.1, 0.15) is 78.1 Å². The maximum Gasteiger partial charge on any atom is 0.335 e. The van der Waals surface area contributed by atoms with Gasteiger partial charge in [-0.25, -0.2) is 0 Å². The molecule has 1 aromatic rings. The third kappa shape index (κ3) is 5.52. The Hall–Kier alpha value is -1.32. The Labute approximate surface area is 129 Å². The zero-order valence-corrected chi connectivity index (χ0v) is 14.3. The number of hydrogen-bond donors (Lipinski definition) is 0. The quantitative estimate of drug-likeness (QED) is 0.512. The van der Waals surface area contributed by atoms with Crippen molar-refractivity contribution in [1.29, 1.82) is 0 Å². The van der Waals surface area contributed by atoms with Gasteiger partial charge in [0.1, 0.15) is 6.04 Å². The van der Waals surface area contributed by atoms with Crippen LogP contribution < -0.4 is 4.68 Å². The van der Waals surface area contributed by atoms with Crippen LogP contribution in [0.25, 0.3) is 0 Å². The van der Waals surface area contributed by atoms with E-state index in [0.29, 0.717) is 5.92 Å². The minimum absolute atomic E-state index is 0.205. The molecule has 2 unspecified atom stereocenters. The molecule has 0 N–H and O–H groups in total. The summed E-state index contributed by atoms with van der Waals surface area (Å²) in [5.41, 5.74) is 0. The second-order valence-electron chi connectivity index (χ2n) is 6.50. The summed E-state index contributed by atoms with van der Waals surface area (Å²) in [6.07, 6.45) is 8.50. The molecule has 1 aromatic heterocycles. The van der Waals surface area contributed by atoms with Gasteiger partial charge in [0.2, 0.25) is 5.82 Å². The van der Waals surface area contributed by atoms with Crippen molar-refractivity contribution in [1.82, 2.24) is 15.3 Å². The summed E-state index contributed by atoms with van der Waals surface area (Å²) in [6, 6.07) is 0.205. The van der Waals surface area contributed by atoms with Crippen LogP contribution in [0.5, 0.6) is 0 Å². The van der Waals surface area contributed by atoms with Gasteiger partial charge in [-0.3, -0.25) is 0 Å². The first-order valence-corrected chi connectivity index (χ1v) is 8.23. The van der Waals surface area contributed by atoms with E-state index in [-0.39, 0.29) is 6.04 Å². The van der Waals surface area contributed by atoms with Crippen LogP contribution in [0.2, 0.25) is 0 Å². The highest BCUT2D eigenvalue weighted by molar-refractivity contribution is 4.83. The Bertz CT molecular complexity index is 429. The molecule has 0 bridgehead atoms. The molecule has 0 aromatic carbocycles. The highest BCUT2D eigenvalue weighted by Crippen LogP contribution is 2.24. The average Bonchev–Trinajstić information content (AvgIpc) is 2.46. The summed E-state index contributed by atoms with van der Waals surface area (Å²) in [5, 5.41) is 12.8. The number of nitrogens with zero attached hydrogens (tertiary/aromatic N) is 4. The zero-order valence-electron chi connectivity index (χ0n) is 14.3. The Kier molecular flexibility index (Phi) is 7.48. The summed E-state index contributed by atoms with van der Waals surface area (Å²) in [7, 11) is 0. The summed E-state index contributed by atoms with van der Waals surface area (Å²) in [6.45, 7) is 15.0. The molecular weight excluding hydrogens is 260 g/mol. The van der Waals surface area contributed by atoms with E-state index < -0.39 is 0 Å². The standard InChI is InChI=1S/C17H31N4/c1-7-9-15(13(3)4)10-11-16(8-2)21-12-18-19-17(20-21)14(5)6/h8,12-16H,2,7,9-11H2,1,3-6H3/q+1. The molecule has 0 aliphatic heterocycles. The van der Waals surface area contributed by atoms with Gasteiger partial charge in [0, 0.05) is 5.92 Å². The largest absolute Gasteiger partial charge is 0.335 e. The minimum atomic E-state index is 0.205. The van der Waals surface area contributed by atoms with Crippen LogP contribution in [-0.4, -0.2) is 15.3 Å². The van der Waals surface area contributed by atoms with E-state index in [2.05, 4.69) is 56.5 Å². The monoisotopic (exact) mass is 291 g/mol. The van der Waals surface area contributed by atoms with E-state index in [4.69, 9.17) is 0 Å². The number of rotatable bonds is 9. The molecule has 0 spiro atoms. The topological polar surface area (TPSA) is 42.5 Å². The van der Waals surface area contributed by atoms with Gasteiger partial charge in [0.25, 0.3) is 0 Å². The van der Waals surface area contributed by atoms with Crippen molar-refractivity contribution in [3.8, 4) is 0 Å². The van der Waals surface area contributed by atoms with E-state index in [1.807, 2.05) is 10.8 Å². The fraction of sp³-hybridized carbons (Fsp3) is 0.765. The van der Waals surface area contributed by atoms with Crippen LogP contribution in [0.15, 0.2) is 19.0 Å². The van der Waals surface area contributed by atoms with Gasteiger partial charge in [-0.15, -0.1) is 4.68 Å². The summed E-state index contributed by atoms with van der Waals surface area (Å²) >= 11 is 0. The zero-order chi connectivity index (χ0) is 15.8. The first kappa shape index (κ1) is 17.7. The molecule has 0 aliphatic carbocycles. The van der Waals surface area contributed by atoms with Crippen molar-refractivity contribution in [2.24, 2.45) is 11.8 Å². The number of allylic oxidation sites excluding steroid dienone is 1. The van der Waals surface area contributed by atoms with Crippen molar-refractivity contribution in [2.45, 2.75) is 72.3 Å². The molecule has 2 atom stereocenters. The number of hydrogen-bond acceptors (Lipinski definition) is 3. The molecule has 0 aliphatic rings. The van der Waals surface area contributed by atoms with Crippen LogP contribution in [0.3, 0.4) is 0 Å². The van der Waals surface area contributed by atoms with Crippen molar-refractivity contribution < 1.29 is 4.68 Å². The highest BCUT2D eigenvalue weighted by Gasteiger charge is 2.20. The van der Waals surface area contributed by atoms with Crippen molar-refractivity contribution in [2.75, 3.05) is 0 Å². The van der Waals surface area contributed by atoms with E-state index in [1.165, 1.54) is 19.3 Å². The first-order valence-electron chi connectivity index (χ1n) is 8.23. The Morgan fingerprint density at radius 1 is 1.19 bits per heavy atom. The molecule has 1 rings (SSSR count). The van der Waals surface area contributed by atoms with Crippen molar-refractivity contribution in [3.05, 3.63) is 24.8 Å². The molecular formula is C17H31N4+. The molecule has 0 saturated carbocycles. The van der Waals surface area contributed by atoms with Gasteiger partial charge in [-0.1, -0.05) is 59.1 Å². The SMILES string of the molecule is C=CC(CCC(CCC)C(C)C)[n+]1cnnc(C(C)C)n1. The maximum atomic E-state index is 4.58. The smallest absolute Gasteiger partial charge is 0.126 e. The molecule has 21 heavy (non-hydrogen) atoms. The predicted octanol–water partition coefficient (Wildman–Crippen LogP) is 3.86. The molecule has 1 heterocycles. The van der Waals surface area contributed by atoms with E-state index >= 15 is 0 Å². The van der Waals surface area contributed by atoms with Gasteiger partial charge in [-0.2, -0.15) is 0 Å². The lowest BCUT2D eigenvalue weighted by Gasteiger charge is -2.21. The van der Waals surface area contributed by atoms with E-state index in [0.717, 1.165) is 24.1 Å². The Morgan fingerprint density at radius 3 is 2.43 bits per heavy atom. The highest BCUT2D eigenvalue weighted by atomic mass is 15.4. The molecule has 0 fully saturated rings. The fourth-order valence-electron chi connectivity index (χ4n) is 2.62. The Balaban J connectivity index is 2.74. The fourth-order valence-corrected chi connectivity index (χ4v) is 2.62. The summed E-state index contributed by atoms with van der Waals surface area (Å²) < 4.78 is 1.92. The van der Waals surface area contributed by atoms with Crippen LogP contribution in [-0.2, 0) is 0 Å². The third-order valence-electron chi connectivity index (χ3n) is 4.11. The molecule has 118 valence electrons. The van der Waals surface area contributed by atoms with Gasteiger partial charge in [-0.05, 0) is 35.9 Å². The van der Waals surface area contributed by atoms with Gasteiger partial charge < -0.3 is 0 Å². The lowest BCUT2D eigenvalue weighted by Crippen LogP contribution is -2.44. The van der Waals surface area contributed by atoms with Gasteiger partial charge in [0.05, 0.1) is 5.10 Å². The first-order chi connectivity index (χ1) is 9.99. The van der Waals surface area contributed by atoms with E-state index in [9.17, 15) is 0 Å². The molecule has 0 amide bonds. The van der Waals surface area contributed by atoms with E-state index in [1.54, 1.807) is 6.33 Å². The van der Waals surface area contributed by atoms with Crippen molar-refractivity contribution in [3.63, 3.8) is 0 Å². The van der Waals surface area contributed by atoms with Crippen molar-refractivity contribution >= 4 is 0 Å². The lowest BCUT2D eigenvalue weighted by atomic mass is 9.86. The predicted molar refractivity (Wildman–Crippen MR) is 85.8 cm³/mol. The lowest BCUT2D eigenvalue weighted by molar-refractivity contribution is -0.772. The molecule has 0 radical (unpaired) electrons. The minimum Gasteiger partial charge on any atom is -0.126 e. The number of aromatic nitrogens is 4. The summed E-state index contributed by atoms with van der Waals surface area (Å²) in [5.74, 6) is 2.59. The van der Waals surface area contributed by atoms with Crippen LogP contribution in [0, 0.1) is 11.8 Å². The van der Waals surface area contributed by atoms with Gasteiger partial charge >= 0.3 is 6.33 Å². The molecule has 0 saturated heterocycles.